The molecule has 1 spiro atoms. The second-order valence-electron chi connectivity index (χ2n) is 9.19. The molecule has 0 aromatic heterocycles. The van der Waals surface area contributed by atoms with Gasteiger partial charge in [-0.25, -0.2) is 9.37 Å². The Kier molecular flexibility index (Phi) is 6.62. The Labute approximate surface area is 189 Å². The van der Waals surface area contributed by atoms with Gasteiger partial charge in [-0.05, 0) is 46.2 Å². The Morgan fingerprint density at radius 1 is 1.12 bits per heavy atom. The van der Waals surface area contributed by atoms with E-state index in [4.69, 9.17) is 14.2 Å². The zero-order valence-electron chi connectivity index (χ0n) is 19.7. The zero-order valence-corrected chi connectivity index (χ0v) is 19.7. The summed E-state index contributed by atoms with van der Waals surface area (Å²) in [6.07, 6.45) is 2.01. The largest absolute Gasteiger partial charge is 0.465 e. The first kappa shape index (κ1) is 23.8. The van der Waals surface area contributed by atoms with Gasteiger partial charge in [-0.2, -0.15) is 0 Å². The molecule has 2 atom stereocenters. The van der Waals surface area contributed by atoms with Crippen molar-refractivity contribution in [2.24, 2.45) is 5.92 Å². The lowest BCUT2D eigenvalue weighted by molar-refractivity contribution is -0.484. The third-order valence-corrected chi connectivity index (χ3v) is 5.79. The number of anilines is 1. The summed E-state index contributed by atoms with van der Waals surface area (Å²) >= 11 is 0. The van der Waals surface area contributed by atoms with Crippen LogP contribution in [-0.4, -0.2) is 67.3 Å². The summed E-state index contributed by atoms with van der Waals surface area (Å²) in [6, 6.07) is 6.61. The highest BCUT2D eigenvalue weighted by Crippen LogP contribution is 2.51. The molecule has 2 aliphatic rings. The van der Waals surface area contributed by atoms with Gasteiger partial charge in [0.2, 0.25) is 0 Å². The molecule has 0 saturated heterocycles. The number of benzene rings is 1. The van der Waals surface area contributed by atoms with Crippen molar-refractivity contribution in [3.63, 3.8) is 0 Å². The van der Waals surface area contributed by atoms with Gasteiger partial charge in [0, 0.05) is 6.42 Å². The predicted molar refractivity (Wildman–Crippen MR) is 119 cm³/mol. The van der Waals surface area contributed by atoms with Crippen LogP contribution in [0.1, 0.15) is 46.6 Å². The maximum absolute atomic E-state index is 13.5. The lowest BCUT2D eigenvalue weighted by atomic mass is 9.71. The number of esters is 2. The number of amides is 1. The molecule has 8 nitrogen and oxygen atoms in total. The fourth-order valence-electron chi connectivity index (χ4n) is 4.72. The summed E-state index contributed by atoms with van der Waals surface area (Å²) in [4.78, 5) is 41.2. The molecule has 2 aliphatic heterocycles. The predicted octanol–water partition coefficient (Wildman–Crippen LogP) is 2.91. The van der Waals surface area contributed by atoms with Crippen molar-refractivity contribution in [3.05, 3.63) is 29.8 Å². The van der Waals surface area contributed by atoms with Gasteiger partial charge in [-0.1, -0.05) is 18.2 Å². The van der Waals surface area contributed by atoms with Crippen molar-refractivity contribution in [3.8, 4) is 0 Å². The van der Waals surface area contributed by atoms with Crippen molar-refractivity contribution in [1.82, 2.24) is 0 Å². The van der Waals surface area contributed by atoms with Gasteiger partial charge in [0.1, 0.15) is 24.6 Å². The Bertz CT molecular complexity index is 917. The molecule has 0 aliphatic carbocycles. The van der Waals surface area contributed by atoms with Crippen LogP contribution >= 0.6 is 0 Å². The Morgan fingerprint density at radius 2 is 1.72 bits per heavy atom. The lowest BCUT2D eigenvalue weighted by Crippen LogP contribution is -2.57. The van der Waals surface area contributed by atoms with E-state index in [2.05, 4.69) is 0 Å². The Balaban J connectivity index is 2.24. The Hall–Kier alpha value is -2.90. The summed E-state index contributed by atoms with van der Waals surface area (Å²) in [5, 5.41) is 0. The van der Waals surface area contributed by atoms with E-state index in [0.717, 1.165) is 5.56 Å². The topological polar surface area (TPSA) is 85.2 Å². The molecule has 0 N–H and O–H groups in total. The zero-order chi connectivity index (χ0) is 23.7. The van der Waals surface area contributed by atoms with Gasteiger partial charge in [0.05, 0.1) is 24.9 Å². The van der Waals surface area contributed by atoms with Crippen LogP contribution in [-0.2, 0) is 29.2 Å². The molecule has 0 saturated carbocycles. The van der Waals surface area contributed by atoms with Crippen molar-refractivity contribution < 1.29 is 33.2 Å². The van der Waals surface area contributed by atoms with Crippen LogP contribution in [0.25, 0.3) is 0 Å². The molecule has 174 valence electrons. The summed E-state index contributed by atoms with van der Waals surface area (Å²) in [5.74, 6) is -2.74. The minimum atomic E-state index is -1.32. The van der Waals surface area contributed by atoms with Gasteiger partial charge in [0.25, 0.3) is 0 Å². The van der Waals surface area contributed by atoms with Crippen LogP contribution in [0.5, 0.6) is 0 Å². The van der Waals surface area contributed by atoms with Crippen LogP contribution in [0.3, 0.4) is 0 Å². The van der Waals surface area contributed by atoms with E-state index < -0.39 is 41.0 Å². The van der Waals surface area contributed by atoms with Gasteiger partial charge >= 0.3 is 18.0 Å². The molecule has 8 heteroatoms. The number of nitrogens with zero attached hydrogens (tertiary/aromatic N) is 2. The standard InChI is InChI=1S/C24H33N2O6/c1-7-30-20(27)18(21(28)31-8-2)19-24(13-14-25(6)15-24)16-11-9-10-12-17(16)26(19)22(29)32-23(3,4)5/h9-12,15,18-19H,7-8,13-14H2,1-6H3/q+1/t19-,24-/m0/s1. The highest BCUT2D eigenvalue weighted by Gasteiger charge is 2.63. The van der Waals surface area contributed by atoms with Crippen LogP contribution in [0, 0.1) is 5.92 Å². The number of carbonyl (C=O) groups is 3. The molecule has 1 aromatic rings. The third kappa shape index (κ3) is 4.23. The minimum Gasteiger partial charge on any atom is -0.465 e. The normalized spacial score (nSPS) is 22.0. The van der Waals surface area contributed by atoms with Crippen molar-refractivity contribution in [2.75, 3.05) is 31.7 Å². The maximum atomic E-state index is 13.5. The van der Waals surface area contributed by atoms with Crippen LogP contribution in [0.15, 0.2) is 24.3 Å². The number of carbonyl (C=O) groups excluding carboxylic acids is 3. The van der Waals surface area contributed by atoms with Crippen molar-refractivity contribution in [2.45, 2.75) is 58.1 Å². The first-order chi connectivity index (χ1) is 15.1. The van der Waals surface area contributed by atoms with E-state index in [1.165, 1.54) is 4.90 Å². The summed E-state index contributed by atoms with van der Waals surface area (Å²) in [5.41, 5.74) is -0.0196. The molecule has 1 aromatic carbocycles. The van der Waals surface area contributed by atoms with Gasteiger partial charge < -0.3 is 14.2 Å². The SMILES string of the molecule is CCOC(=O)C(C(=O)OCC)[C@@H]1N(C(=O)OC(C)(C)C)c2ccccc2[C@]12C=[N+](C)CC2. The molecule has 32 heavy (non-hydrogen) atoms. The number of ether oxygens (including phenoxy) is 3. The van der Waals surface area contributed by atoms with Crippen LogP contribution in [0.4, 0.5) is 10.5 Å². The fourth-order valence-corrected chi connectivity index (χ4v) is 4.72. The maximum Gasteiger partial charge on any atom is 0.415 e. The summed E-state index contributed by atoms with van der Waals surface area (Å²) in [6.45, 7) is 9.63. The Morgan fingerprint density at radius 3 is 2.22 bits per heavy atom. The van der Waals surface area contributed by atoms with Crippen LogP contribution in [0.2, 0.25) is 0 Å². The number of para-hydroxylation sites is 1. The molecule has 0 fully saturated rings. The van der Waals surface area contributed by atoms with Gasteiger partial charge in [0.15, 0.2) is 12.1 Å². The summed E-state index contributed by atoms with van der Waals surface area (Å²) < 4.78 is 18.3. The first-order valence-electron chi connectivity index (χ1n) is 11.1. The van der Waals surface area contributed by atoms with Gasteiger partial charge in [-0.3, -0.25) is 14.5 Å². The average molecular weight is 446 g/mol. The molecule has 0 unspecified atom stereocenters. The van der Waals surface area contributed by atoms with Crippen molar-refractivity contribution >= 4 is 29.9 Å². The number of hydrogen-bond acceptors (Lipinski definition) is 6. The van der Waals surface area contributed by atoms with E-state index in [-0.39, 0.29) is 13.2 Å². The van der Waals surface area contributed by atoms with Crippen LogP contribution < -0.4 is 4.90 Å². The minimum absolute atomic E-state index is 0.109. The highest BCUT2D eigenvalue weighted by molar-refractivity contribution is 6.04. The average Bonchev–Trinajstić information content (AvgIpc) is 3.21. The molecule has 0 radical (unpaired) electrons. The first-order valence-corrected chi connectivity index (χ1v) is 11.1. The van der Waals surface area contributed by atoms with Crippen molar-refractivity contribution in [1.29, 1.82) is 0 Å². The number of hydrogen-bond donors (Lipinski definition) is 0. The lowest BCUT2D eigenvalue weighted by Gasteiger charge is -2.36. The number of rotatable bonds is 5. The highest BCUT2D eigenvalue weighted by atomic mass is 16.6. The smallest absolute Gasteiger partial charge is 0.415 e. The third-order valence-electron chi connectivity index (χ3n) is 5.79. The molecule has 2 heterocycles. The second kappa shape index (κ2) is 8.92. The fraction of sp³-hybridized carbons (Fsp3) is 0.583. The molecule has 1 amide bonds. The van der Waals surface area contributed by atoms with E-state index in [9.17, 15) is 14.4 Å². The molecule has 0 bridgehead atoms. The van der Waals surface area contributed by atoms with E-state index in [0.29, 0.717) is 18.7 Å². The monoisotopic (exact) mass is 445 g/mol. The van der Waals surface area contributed by atoms with E-state index in [1.54, 1.807) is 34.6 Å². The van der Waals surface area contributed by atoms with E-state index >= 15 is 0 Å². The molecular formula is C24H33N2O6+. The van der Waals surface area contributed by atoms with E-state index in [1.807, 2.05) is 42.1 Å². The quantitative estimate of drug-likeness (QED) is 0.300. The second-order valence-corrected chi connectivity index (χ2v) is 9.19. The molecule has 3 rings (SSSR count). The van der Waals surface area contributed by atoms with Gasteiger partial charge in [-0.15, -0.1) is 0 Å². The molecular weight excluding hydrogens is 412 g/mol. The number of fused-ring (bicyclic) bond motifs is 2. The summed E-state index contributed by atoms with van der Waals surface area (Å²) in [7, 11) is 1.94.